The number of hydrogen-bond donors (Lipinski definition) is 0. The molecule has 0 aliphatic carbocycles. The fourth-order valence-electron chi connectivity index (χ4n) is 3.98. The quantitative estimate of drug-likeness (QED) is 0.285. The van der Waals surface area contributed by atoms with Gasteiger partial charge in [0.25, 0.3) is 0 Å². The van der Waals surface area contributed by atoms with Gasteiger partial charge in [0.15, 0.2) is 5.13 Å². The van der Waals surface area contributed by atoms with Crippen LogP contribution in [0.25, 0.3) is 10.2 Å². The van der Waals surface area contributed by atoms with E-state index in [9.17, 15) is 4.79 Å². The van der Waals surface area contributed by atoms with E-state index < -0.39 is 0 Å². The second-order valence-corrected chi connectivity index (χ2v) is 8.74. The lowest BCUT2D eigenvalue weighted by Gasteiger charge is -2.28. The molecular weight excluding hydrogens is 450 g/mol. The molecule has 4 nitrogen and oxygen atoms in total. The molecule has 0 saturated heterocycles. The summed E-state index contributed by atoms with van der Waals surface area (Å²) in [6.45, 7) is 7.65. The third-order valence-corrected chi connectivity index (χ3v) is 6.89. The molecule has 172 valence electrons. The van der Waals surface area contributed by atoms with E-state index in [0.29, 0.717) is 6.54 Å². The number of aromatic nitrogens is 1. The SMILES string of the molecule is CCN(CC)CCN(C(=O)C(c1ccccc1)c1ccccc1)c1nc2ccccc2s1.Cl. The molecule has 4 aromatic rings. The Labute approximate surface area is 206 Å². The number of likely N-dealkylation sites (N-methyl/N-ethyl adjacent to an activating group) is 1. The number of benzene rings is 3. The first-order valence-corrected chi connectivity index (χ1v) is 12.0. The maximum Gasteiger partial charge on any atom is 0.240 e. The van der Waals surface area contributed by atoms with Crippen LogP contribution in [0.1, 0.15) is 30.9 Å². The van der Waals surface area contributed by atoms with Gasteiger partial charge in [0.05, 0.1) is 16.1 Å². The number of anilines is 1. The van der Waals surface area contributed by atoms with Gasteiger partial charge >= 0.3 is 0 Å². The highest BCUT2D eigenvalue weighted by Crippen LogP contribution is 2.33. The van der Waals surface area contributed by atoms with Gasteiger partial charge in [-0.1, -0.05) is 98.0 Å². The first kappa shape index (κ1) is 24.9. The lowest BCUT2D eigenvalue weighted by atomic mass is 9.90. The van der Waals surface area contributed by atoms with Crippen molar-refractivity contribution in [3.05, 3.63) is 96.1 Å². The van der Waals surface area contributed by atoms with Crippen molar-refractivity contribution < 1.29 is 4.79 Å². The molecule has 1 aromatic heterocycles. The number of para-hydroxylation sites is 1. The summed E-state index contributed by atoms with van der Waals surface area (Å²) in [7, 11) is 0. The minimum absolute atomic E-state index is 0. The summed E-state index contributed by atoms with van der Waals surface area (Å²) < 4.78 is 1.10. The number of halogens is 1. The number of fused-ring (bicyclic) bond motifs is 1. The van der Waals surface area contributed by atoms with Crippen molar-refractivity contribution in [2.24, 2.45) is 0 Å². The maximum absolute atomic E-state index is 14.2. The highest BCUT2D eigenvalue weighted by atomic mass is 35.5. The van der Waals surface area contributed by atoms with Gasteiger partial charge in [-0.15, -0.1) is 12.4 Å². The van der Waals surface area contributed by atoms with Crippen LogP contribution in [-0.4, -0.2) is 42.0 Å². The third-order valence-electron chi connectivity index (χ3n) is 5.83. The summed E-state index contributed by atoms with van der Waals surface area (Å²) in [5.74, 6) is -0.310. The Morgan fingerprint density at radius 3 is 1.91 bits per heavy atom. The standard InChI is InChI=1S/C27H29N3OS.ClH/c1-3-29(4-2)19-20-30(27-28-23-17-11-12-18-24(23)32-27)26(31)25(21-13-7-5-8-14-21)22-15-9-6-10-16-22;/h5-18,25H,3-4,19-20H2,1-2H3;1H. The molecule has 3 aromatic carbocycles. The molecule has 6 heteroatoms. The fourth-order valence-corrected chi connectivity index (χ4v) is 4.98. The molecule has 0 saturated carbocycles. The molecule has 0 aliphatic heterocycles. The number of rotatable bonds is 9. The van der Waals surface area contributed by atoms with Crippen LogP contribution in [0, 0.1) is 0 Å². The Bertz CT molecular complexity index is 1070. The molecule has 0 bridgehead atoms. The Balaban J connectivity index is 0.00000306. The van der Waals surface area contributed by atoms with Crippen molar-refractivity contribution in [1.29, 1.82) is 0 Å². The fraction of sp³-hybridized carbons (Fsp3) is 0.259. The molecule has 0 aliphatic rings. The Kier molecular flexibility index (Phi) is 9.01. The van der Waals surface area contributed by atoms with E-state index in [-0.39, 0.29) is 24.2 Å². The molecule has 0 radical (unpaired) electrons. The van der Waals surface area contributed by atoms with E-state index in [2.05, 4.69) is 24.8 Å². The highest BCUT2D eigenvalue weighted by Gasteiger charge is 2.30. The lowest BCUT2D eigenvalue weighted by Crippen LogP contribution is -2.41. The van der Waals surface area contributed by atoms with Crippen LogP contribution in [0.15, 0.2) is 84.9 Å². The van der Waals surface area contributed by atoms with Crippen LogP contribution in [0.2, 0.25) is 0 Å². The van der Waals surface area contributed by atoms with E-state index in [1.165, 1.54) is 0 Å². The van der Waals surface area contributed by atoms with Gasteiger partial charge in [0.2, 0.25) is 5.91 Å². The van der Waals surface area contributed by atoms with E-state index in [1.807, 2.05) is 83.8 Å². The molecule has 0 atom stereocenters. The lowest BCUT2D eigenvalue weighted by molar-refractivity contribution is -0.119. The predicted octanol–water partition coefficient (Wildman–Crippen LogP) is 6.23. The van der Waals surface area contributed by atoms with Crippen molar-refractivity contribution in [3.8, 4) is 0 Å². The first-order valence-electron chi connectivity index (χ1n) is 11.2. The average molecular weight is 480 g/mol. The van der Waals surface area contributed by atoms with E-state index in [1.54, 1.807) is 11.3 Å². The van der Waals surface area contributed by atoms with Gasteiger partial charge < -0.3 is 4.90 Å². The minimum Gasteiger partial charge on any atom is -0.302 e. The topological polar surface area (TPSA) is 36.4 Å². The monoisotopic (exact) mass is 479 g/mol. The zero-order valence-corrected chi connectivity index (χ0v) is 20.7. The number of carbonyl (C=O) groups is 1. The van der Waals surface area contributed by atoms with Gasteiger partial charge in [0, 0.05) is 13.1 Å². The van der Waals surface area contributed by atoms with Crippen LogP contribution in [0.3, 0.4) is 0 Å². The van der Waals surface area contributed by atoms with E-state index in [4.69, 9.17) is 4.98 Å². The van der Waals surface area contributed by atoms with Gasteiger partial charge in [0.1, 0.15) is 0 Å². The summed E-state index contributed by atoms with van der Waals surface area (Å²) in [5, 5.41) is 0.764. The largest absolute Gasteiger partial charge is 0.302 e. The van der Waals surface area contributed by atoms with Crippen molar-refractivity contribution in [3.63, 3.8) is 0 Å². The zero-order valence-electron chi connectivity index (χ0n) is 19.1. The summed E-state index contributed by atoms with van der Waals surface area (Å²) in [6, 6.07) is 28.2. The van der Waals surface area contributed by atoms with E-state index >= 15 is 0 Å². The summed E-state index contributed by atoms with van der Waals surface area (Å²) in [5.41, 5.74) is 2.93. The molecule has 1 heterocycles. The second-order valence-electron chi connectivity index (χ2n) is 7.74. The van der Waals surface area contributed by atoms with Gasteiger partial charge in [-0.3, -0.25) is 9.69 Å². The maximum atomic E-state index is 14.2. The van der Waals surface area contributed by atoms with E-state index in [0.717, 1.165) is 46.1 Å². The number of thiazole rings is 1. The molecular formula is C27H30ClN3OS. The second kappa shape index (κ2) is 11.9. The molecule has 0 N–H and O–H groups in total. The minimum atomic E-state index is -0.374. The number of carbonyl (C=O) groups excluding carboxylic acids is 1. The molecule has 33 heavy (non-hydrogen) atoms. The first-order chi connectivity index (χ1) is 15.7. The van der Waals surface area contributed by atoms with Crippen molar-refractivity contribution in [2.75, 3.05) is 31.1 Å². The number of hydrogen-bond acceptors (Lipinski definition) is 4. The summed E-state index contributed by atoms with van der Waals surface area (Å²) in [6.07, 6.45) is 0. The van der Waals surface area contributed by atoms with Crippen LogP contribution < -0.4 is 4.90 Å². The van der Waals surface area contributed by atoms with Crippen LogP contribution in [0.5, 0.6) is 0 Å². The smallest absolute Gasteiger partial charge is 0.240 e. The van der Waals surface area contributed by atoms with Crippen molar-refractivity contribution in [2.45, 2.75) is 19.8 Å². The normalized spacial score (nSPS) is 11.0. The molecule has 4 rings (SSSR count). The third kappa shape index (κ3) is 5.80. The van der Waals surface area contributed by atoms with Crippen LogP contribution in [0.4, 0.5) is 5.13 Å². The van der Waals surface area contributed by atoms with Crippen molar-refractivity contribution >= 4 is 45.0 Å². The van der Waals surface area contributed by atoms with Gasteiger partial charge in [-0.05, 0) is 36.3 Å². The van der Waals surface area contributed by atoms with Crippen LogP contribution in [-0.2, 0) is 4.79 Å². The average Bonchev–Trinajstić information content (AvgIpc) is 3.27. The Morgan fingerprint density at radius 2 is 1.36 bits per heavy atom. The molecule has 1 amide bonds. The van der Waals surface area contributed by atoms with Crippen molar-refractivity contribution in [1.82, 2.24) is 9.88 Å². The highest BCUT2D eigenvalue weighted by molar-refractivity contribution is 7.22. The number of amides is 1. The summed E-state index contributed by atoms with van der Waals surface area (Å²) in [4.78, 5) is 23.3. The molecule has 0 spiro atoms. The Morgan fingerprint density at radius 1 is 0.818 bits per heavy atom. The number of nitrogens with zero attached hydrogens (tertiary/aromatic N) is 3. The molecule has 0 unspecified atom stereocenters. The van der Waals surface area contributed by atoms with Crippen LogP contribution >= 0.6 is 23.7 Å². The molecule has 0 fully saturated rings. The summed E-state index contributed by atoms with van der Waals surface area (Å²) >= 11 is 1.58. The van der Waals surface area contributed by atoms with Gasteiger partial charge in [-0.2, -0.15) is 0 Å². The Hall–Kier alpha value is -2.73. The predicted molar refractivity (Wildman–Crippen MR) is 142 cm³/mol. The van der Waals surface area contributed by atoms with Gasteiger partial charge in [-0.25, -0.2) is 4.98 Å². The zero-order chi connectivity index (χ0) is 22.3.